The SMILES string of the molecule is COc1cccc(/C=C(\NC(=O)c2ccccc2)C(=O)Nc2cccc(SC(C(=O)Nc3cccc(C)c3C)c3ccccc3)c2)c1. The van der Waals surface area contributed by atoms with Crippen LogP contribution in [0.4, 0.5) is 11.4 Å². The Bertz CT molecular complexity index is 1910. The van der Waals surface area contributed by atoms with Crippen molar-refractivity contribution in [3.63, 3.8) is 0 Å². The summed E-state index contributed by atoms with van der Waals surface area (Å²) >= 11 is 1.38. The lowest BCUT2D eigenvalue weighted by atomic mass is 10.1. The molecule has 0 aromatic heterocycles. The van der Waals surface area contributed by atoms with E-state index in [1.54, 1.807) is 61.7 Å². The Balaban J connectivity index is 1.39. The predicted molar refractivity (Wildman–Crippen MR) is 190 cm³/mol. The first-order valence-corrected chi connectivity index (χ1v) is 15.9. The van der Waals surface area contributed by atoms with Crippen molar-refractivity contribution >= 4 is 46.9 Å². The molecule has 0 saturated carbocycles. The van der Waals surface area contributed by atoms with E-state index in [9.17, 15) is 14.4 Å². The third-order valence-corrected chi connectivity index (χ3v) is 8.73. The molecule has 0 saturated heterocycles. The van der Waals surface area contributed by atoms with Gasteiger partial charge in [0.1, 0.15) is 16.7 Å². The average Bonchev–Trinajstić information content (AvgIpc) is 3.10. The molecular weight excluding hydrogens is 607 g/mol. The van der Waals surface area contributed by atoms with Gasteiger partial charge >= 0.3 is 0 Å². The van der Waals surface area contributed by atoms with E-state index in [-0.39, 0.29) is 11.6 Å². The highest BCUT2D eigenvalue weighted by atomic mass is 32.2. The lowest BCUT2D eigenvalue weighted by Gasteiger charge is -2.19. The summed E-state index contributed by atoms with van der Waals surface area (Å²) in [6, 6.07) is 38.6. The van der Waals surface area contributed by atoms with E-state index in [0.29, 0.717) is 22.6 Å². The molecule has 1 atom stereocenters. The van der Waals surface area contributed by atoms with E-state index >= 15 is 0 Å². The van der Waals surface area contributed by atoms with Crippen LogP contribution >= 0.6 is 11.8 Å². The zero-order valence-electron chi connectivity index (χ0n) is 26.3. The van der Waals surface area contributed by atoms with Crippen molar-refractivity contribution in [2.24, 2.45) is 0 Å². The van der Waals surface area contributed by atoms with Gasteiger partial charge < -0.3 is 20.7 Å². The van der Waals surface area contributed by atoms with Gasteiger partial charge in [-0.15, -0.1) is 11.8 Å². The Morgan fingerprint density at radius 1 is 0.745 bits per heavy atom. The molecule has 0 spiro atoms. The minimum atomic E-state index is -0.559. The van der Waals surface area contributed by atoms with Crippen molar-refractivity contribution in [1.82, 2.24) is 5.32 Å². The number of nitrogens with one attached hydrogen (secondary N) is 3. The normalized spacial score (nSPS) is 11.7. The first-order chi connectivity index (χ1) is 22.8. The van der Waals surface area contributed by atoms with Crippen LogP contribution in [0.2, 0.25) is 0 Å². The van der Waals surface area contributed by atoms with Crippen LogP contribution in [0.1, 0.15) is 37.9 Å². The van der Waals surface area contributed by atoms with Crippen molar-refractivity contribution in [2.75, 3.05) is 17.7 Å². The summed E-state index contributed by atoms with van der Waals surface area (Å²) in [4.78, 5) is 41.2. The molecule has 5 rings (SSSR count). The van der Waals surface area contributed by atoms with Crippen LogP contribution in [0.3, 0.4) is 0 Å². The van der Waals surface area contributed by atoms with Gasteiger partial charge in [-0.1, -0.05) is 78.9 Å². The molecule has 0 aliphatic heterocycles. The minimum absolute atomic E-state index is 0.0558. The number of aryl methyl sites for hydroxylation is 1. The van der Waals surface area contributed by atoms with E-state index < -0.39 is 17.1 Å². The fourth-order valence-electron chi connectivity index (χ4n) is 4.81. The zero-order valence-corrected chi connectivity index (χ0v) is 27.1. The average molecular weight is 642 g/mol. The summed E-state index contributed by atoms with van der Waals surface area (Å²) in [6.45, 7) is 4.00. The number of carbonyl (C=O) groups excluding carboxylic acids is 3. The van der Waals surface area contributed by atoms with Crippen LogP contribution in [0.5, 0.6) is 5.75 Å². The molecule has 7 nitrogen and oxygen atoms in total. The maximum absolute atomic E-state index is 13.7. The summed E-state index contributed by atoms with van der Waals surface area (Å²) in [5, 5.41) is 8.23. The molecule has 3 amide bonds. The van der Waals surface area contributed by atoms with E-state index in [1.165, 1.54) is 11.8 Å². The second-order valence-corrected chi connectivity index (χ2v) is 12.0. The summed E-state index contributed by atoms with van der Waals surface area (Å²) in [5.74, 6) is -0.463. The Morgan fingerprint density at radius 2 is 1.45 bits per heavy atom. The van der Waals surface area contributed by atoms with Crippen molar-refractivity contribution in [3.8, 4) is 5.75 Å². The number of ether oxygens (including phenoxy) is 1. The smallest absolute Gasteiger partial charge is 0.272 e. The van der Waals surface area contributed by atoms with Crippen LogP contribution in [0.15, 0.2) is 138 Å². The summed E-state index contributed by atoms with van der Waals surface area (Å²) in [5.41, 5.74) is 5.38. The number of thioether (sulfide) groups is 1. The first-order valence-electron chi connectivity index (χ1n) is 15.0. The minimum Gasteiger partial charge on any atom is -0.497 e. The van der Waals surface area contributed by atoms with Gasteiger partial charge in [-0.25, -0.2) is 0 Å². The van der Waals surface area contributed by atoms with E-state index in [2.05, 4.69) is 16.0 Å². The quantitative estimate of drug-likeness (QED) is 0.0998. The van der Waals surface area contributed by atoms with Gasteiger partial charge in [0.2, 0.25) is 5.91 Å². The number of carbonyl (C=O) groups is 3. The Morgan fingerprint density at radius 3 is 2.19 bits per heavy atom. The number of rotatable bonds is 11. The molecule has 47 heavy (non-hydrogen) atoms. The lowest BCUT2D eigenvalue weighted by Crippen LogP contribution is -2.30. The molecular formula is C39H35N3O4S. The topological polar surface area (TPSA) is 96.5 Å². The van der Waals surface area contributed by atoms with Gasteiger partial charge in [0.05, 0.1) is 7.11 Å². The molecule has 5 aromatic rings. The number of anilines is 2. The highest BCUT2D eigenvalue weighted by molar-refractivity contribution is 8.00. The van der Waals surface area contributed by atoms with Gasteiger partial charge in [-0.05, 0) is 90.7 Å². The Hall–Kier alpha value is -5.60. The molecule has 1 unspecified atom stereocenters. The van der Waals surface area contributed by atoms with Crippen LogP contribution in [0.25, 0.3) is 6.08 Å². The molecule has 0 fully saturated rings. The van der Waals surface area contributed by atoms with Crippen LogP contribution in [-0.2, 0) is 9.59 Å². The van der Waals surface area contributed by atoms with Crippen LogP contribution in [0, 0.1) is 13.8 Å². The molecule has 0 aliphatic carbocycles. The third kappa shape index (κ3) is 8.77. The predicted octanol–water partition coefficient (Wildman–Crippen LogP) is 8.19. The van der Waals surface area contributed by atoms with Gasteiger partial charge in [0.15, 0.2) is 0 Å². The standard InChI is InChI=1S/C39H35N3O4S/c1-26-13-10-22-34(27(26)2)41-39(45)36(29-15-6-4-7-16-29)47-33-21-12-19-31(25-33)40-38(44)35(24-28-14-11-20-32(23-28)46-3)42-37(43)30-17-8-5-9-18-30/h4-25,36H,1-3H3,(H,40,44)(H,41,45)(H,42,43)/b35-24-. The number of hydrogen-bond donors (Lipinski definition) is 3. The van der Waals surface area contributed by atoms with Gasteiger partial charge in [0.25, 0.3) is 11.8 Å². The van der Waals surface area contributed by atoms with Crippen LogP contribution in [-0.4, -0.2) is 24.8 Å². The van der Waals surface area contributed by atoms with E-state index in [4.69, 9.17) is 4.74 Å². The summed E-state index contributed by atoms with van der Waals surface area (Å²) in [6.07, 6.45) is 1.60. The summed E-state index contributed by atoms with van der Waals surface area (Å²) in [7, 11) is 1.56. The van der Waals surface area contributed by atoms with Crippen molar-refractivity contribution < 1.29 is 19.1 Å². The van der Waals surface area contributed by atoms with Crippen molar-refractivity contribution in [2.45, 2.75) is 24.0 Å². The number of hydrogen-bond acceptors (Lipinski definition) is 5. The van der Waals surface area contributed by atoms with Crippen molar-refractivity contribution in [3.05, 3.63) is 161 Å². The fraction of sp³-hybridized carbons (Fsp3) is 0.103. The fourth-order valence-corrected chi connectivity index (χ4v) is 5.89. The maximum atomic E-state index is 13.7. The Labute approximate surface area is 279 Å². The second kappa shape index (κ2) is 15.6. The molecule has 8 heteroatoms. The third-order valence-electron chi connectivity index (χ3n) is 7.48. The summed E-state index contributed by atoms with van der Waals surface area (Å²) < 4.78 is 5.33. The lowest BCUT2D eigenvalue weighted by molar-refractivity contribution is -0.116. The molecule has 236 valence electrons. The highest BCUT2D eigenvalue weighted by Crippen LogP contribution is 2.37. The van der Waals surface area contributed by atoms with Crippen molar-refractivity contribution in [1.29, 1.82) is 0 Å². The molecule has 0 heterocycles. The molecule has 3 N–H and O–H groups in total. The van der Waals surface area contributed by atoms with Gasteiger partial charge in [0, 0.05) is 21.8 Å². The zero-order chi connectivity index (χ0) is 33.2. The molecule has 0 aliphatic rings. The Kier molecular flexibility index (Phi) is 10.9. The molecule has 5 aromatic carbocycles. The monoisotopic (exact) mass is 641 g/mol. The highest BCUT2D eigenvalue weighted by Gasteiger charge is 2.23. The number of benzene rings is 5. The van der Waals surface area contributed by atoms with Gasteiger partial charge in [-0.3, -0.25) is 14.4 Å². The second-order valence-electron chi connectivity index (χ2n) is 10.8. The molecule has 0 radical (unpaired) electrons. The largest absolute Gasteiger partial charge is 0.497 e. The molecule has 0 bridgehead atoms. The maximum Gasteiger partial charge on any atom is 0.272 e. The number of methoxy groups -OCH3 is 1. The number of amides is 3. The van der Waals surface area contributed by atoms with Crippen LogP contribution < -0.4 is 20.7 Å². The van der Waals surface area contributed by atoms with E-state index in [0.717, 1.165) is 27.3 Å². The van der Waals surface area contributed by atoms with Gasteiger partial charge in [-0.2, -0.15) is 0 Å². The first kappa shape index (κ1) is 32.8. The van der Waals surface area contributed by atoms with E-state index in [1.807, 2.05) is 92.7 Å².